The van der Waals surface area contributed by atoms with Crippen LogP contribution in [0.3, 0.4) is 0 Å². The van der Waals surface area contributed by atoms with Crippen molar-refractivity contribution in [3.63, 3.8) is 0 Å². The molecule has 0 saturated heterocycles. The smallest absolute Gasteiger partial charge is 0.129 e. The molecule has 0 aliphatic carbocycles. The maximum Gasteiger partial charge on any atom is 0.129 e. The molecule has 10 heavy (non-hydrogen) atoms. The number of azide groups is 1. The number of halogens is 1. The molecule has 0 aliphatic heterocycles. The van der Waals surface area contributed by atoms with Gasteiger partial charge in [0.25, 0.3) is 0 Å². The molecule has 1 aromatic heterocycles. The van der Waals surface area contributed by atoms with Gasteiger partial charge in [-0.15, -0.1) is 0 Å². The fourth-order valence-corrected chi connectivity index (χ4v) is 0.658. The first-order valence-corrected chi connectivity index (χ1v) is 2.88. The summed E-state index contributed by atoms with van der Waals surface area (Å²) in [6, 6.07) is 4.85. The third-order valence-electron chi connectivity index (χ3n) is 0.848. The Morgan fingerprint density at radius 1 is 1.60 bits per heavy atom. The van der Waals surface area contributed by atoms with Crippen LogP contribution in [0.5, 0.6) is 0 Å². The molecule has 0 bridgehead atoms. The van der Waals surface area contributed by atoms with Gasteiger partial charge >= 0.3 is 0 Å². The third-order valence-corrected chi connectivity index (χ3v) is 1.06. The minimum Gasteiger partial charge on any atom is -0.234 e. The normalized spacial score (nSPS) is 8.50. The number of rotatable bonds is 1. The summed E-state index contributed by atoms with van der Waals surface area (Å²) in [5.41, 5.74) is 7.99. The van der Waals surface area contributed by atoms with Crippen molar-refractivity contribution in [2.75, 3.05) is 0 Å². The van der Waals surface area contributed by atoms with Gasteiger partial charge in [0.2, 0.25) is 0 Å². The lowest BCUT2D eigenvalue weighted by molar-refractivity contribution is 1.26. The summed E-state index contributed by atoms with van der Waals surface area (Å²) < 4.78 is 0. The molecule has 0 radical (unpaired) electrons. The highest BCUT2D eigenvalue weighted by Crippen LogP contribution is 2.11. The van der Waals surface area contributed by atoms with Gasteiger partial charge in [0, 0.05) is 4.91 Å². The van der Waals surface area contributed by atoms with Crippen molar-refractivity contribution < 1.29 is 0 Å². The Labute approximate surface area is 62.1 Å². The maximum absolute atomic E-state index is 7.99. The van der Waals surface area contributed by atoms with Gasteiger partial charge in [0.05, 0.1) is 0 Å². The van der Waals surface area contributed by atoms with Crippen molar-refractivity contribution in [1.82, 2.24) is 4.98 Å². The molecule has 0 N–H and O–H groups in total. The molecule has 0 atom stereocenters. The Bertz CT molecular complexity index is 279. The molecule has 0 unspecified atom stereocenters. The molecule has 0 aromatic carbocycles. The lowest BCUT2D eigenvalue weighted by Gasteiger charge is -1.88. The average molecular weight is 155 g/mol. The number of aromatic nitrogens is 1. The summed E-state index contributed by atoms with van der Waals surface area (Å²) in [6.07, 6.45) is 0. The summed E-state index contributed by atoms with van der Waals surface area (Å²) >= 11 is 5.49. The number of hydrogen-bond acceptors (Lipinski definition) is 2. The van der Waals surface area contributed by atoms with Crippen molar-refractivity contribution in [2.24, 2.45) is 5.11 Å². The van der Waals surface area contributed by atoms with Gasteiger partial charge in [-0.05, 0) is 22.8 Å². The Kier molecular flexibility index (Phi) is 2.10. The highest BCUT2D eigenvalue weighted by atomic mass is 35.5. The van der Waals surface area contributed by atoms with E-state index in [2.05, 4.69) is 15.0 Å². The molecule has 1 aromatic rings. The van der Waals surface area contributed by atoms with E-state index in [0.717, 1.165) is 0 Å². The van der Waals surface area contributed by atoms with E-state index in [4.69, 9.17) is 17.1 Å². The zero-order valence-corrected chi connectivity index (χ0v) is 5.65. The molecule has 0 fully saturated rings. The van der Waals surface area contributed by atoms with Gasteiger partial charge in [-0.1, -0.05) is 17.7 Å². The van der Waals surface area contributed by atoms with Crippen LogP contribution < -0.4 is 0 Å². The Morgan fingerprint density at radius 2 is 2.40 bits per heavy atom. The largest absolute Gasteiger partial charge is 0.234 e. The molecule has 0 amide bonds. The summed E-state index contributed by atoms with van der Waals surface area (Å²) in [5, 5.41) is 3.58. The third kappa shape index (κ3) is 1.62. The van der Waals surface area contributed by atoms with Crippen molar-refractivity contribution >= 4 is 17.4 Å². The fourth-order valence-electron chi connectivity index (χ4n) is 0.499. The molecule has 0 saturated carbocycles. The van der Waals surface area contributed by atoms with Gasteiger partial charge < -0.3 is 0 Å². The van der Waals surface area contributed by atoms with Gasteiger partial charge in [-0.3, -0.25) is 0 Å². The lowest BCUT2D eigenvalue weighted by atomic mass is 10.5. The molecule has 1 rings (SSSR count). The molecular formula is C5H3ClN4. The van der Waals surface area contributed by atoms with Crippen molar-refractivity contribution in [3.8, 4) is 0 Å². The van der Waals surface area contributed by atoms with Gasteiger partial charge in [-0.2, -0.15) is 0 Å². The molecule has 1 heterocycles. The predicted molar refractivity (Wildman–Crippen MR) is 38.1 cm³/mol. The molecule has 0 spiro atoms. The first-order valence-electron chi connectivity index (χ1n) is 2.50. The molecule has 0 aliphatic rings. The van der Waals surface area contributed by atoms with E-state index in [0.29, 0.717) is 5.15 Å². The standard InChI is InChI=1S/C5H3ClN4/c6-4-2-1-3-5(8-4)9-10-7/h1-3H. The van der Waals surface area contributed by atoms with Crippen LogP contribution >= 0.6 is 11.6 Å². The van der Waals surface area contributed by atoms with E-state index in [9.17, 15) is 0 Å². The Hall–Kier alpha value is -1.25. The second-order valence-electron chi connectivity index (χ2n) is 1.51. The second-order valence-corrected chi connectivity index (χ2v) is 1.90. The fraction of sp³-hybridized carbons (Fsp3) is 0. The summed E-state index contributed by atoms with van der Waals surface area (Å²) in [5.74, 6) is 0.287. The van der Waals surface area contributed by atoms with E-state index < -0.39 is 0 Å². The minimum atomic E-state index is 0.287. The van der Waals surface area contributed by atoms with E-state index in [1.54, 1.807) is 18.2 Å². The summed E-state index contributed by atoms with van der Waals surface area (Å²) in [6.45, 7) is 0. The zero-order valence-electron chi connectivity index (χ0n) is 4.90. The van der Waals surface area contributed by atoms with E-state index in [1.165, 1.54) is 0 Å². The highest BCUT2D eigenvalue weighted by molar-refractivity contribution is 6.29. The van der Waals surface area contributed by atoms with Crippen LogP contribution in [-0.4, -0.2) is 4.98 Å². The van der Waals surface area contributed by atoms with Crippen LogP contribution in [0, 0.1) is 0 Å². The van der Waals surface area contributed by atoms with Crippen LogP contribution in [0.25, 0.3) is 10.4 Å². The van der Waals surface area contributed by atoms with Crippen LogP contribution in [0.2, 0.25) is 5.15 Å². The monoisotopic (exact) mass is 154 g/mol. The topological polar surface area (TPSA) is 61.7 Å². The van der Waals surface area contributed by atoms with Crippen LogP contribution in [-0.2, 0) is 0 Å². The number of nitrogens with zero attached hydrogens (tertiary/aromatic N) is 4. The summed E-state index contributed by atoms with van der Waals surface area (Å²) in [4.78, 5) is 6.26. The zero-order chi connectivity index (χ0) is 7.40. The highest BCUT2D eigenvalue weighted by Gasteiger charge is 1.88. The summed E-state index contributed by atoms with van der Waals surface area (Å²) in [7, 11) is 0. The van der Waals surface area contributed by atoms with Crippen LogP contribution in [0.15, 0.2) is 23.3 Å². The molecule has 4 nitrogen and oxygen atoms in total. The minimum absolute atomic E-state index is 0.287. The number of pyridine rings is 1. The molecule has 50 valence electrons. The maximum atomic E-state index is 7.99. The second kappa shape index (κ2) is 3.06. The van der Waals surface area contributed by atoms with Crippen LogP contribution in [0.4, 0.5) is 5.82 Å². The quantitative estimate of drug-likeness (QED) is 0.266. The van der Waals surface area contributed by atoms with E-state index >= 15 is 0 Å². The van der Waals surface area contributed by atoms with Gasteiger partial charge in [-0.25, -0.2) is 4.98 Å². The van der Waals surface area contributed by atoms with Crippen molar-refractivity contribution in [1.29, 1.82) is 0 Å². The van der Waals surface area contributed by atoms with Crippen molar-refractivity contribution in [2.45, 2.75) is 0 Å². The predicted octanol–water partition coefficient (Wildman–Crippen LogP) is 2.68. The van der Waals surface area contributed by atoms with Gasteiger partial charge in [0.15, 0.2) is 0 Å². The Balaban J connectivity index is 3.06. The first-order chi connectivity index (χ1) is 4.83. The molecular weight excluding hydrogens is 152 g/mol. The first kappa shape index (κ1) is 6.86. The van der Waals surface area contributed by atoms with E-state index in [-0.39, 0.29) is 5.82 Å². The van der Waals surface area contributed by atoms with E-state index in [1.807, 2.05) is 0 Å². The average Bonchev–Trinajstić information content (AvgIpc) is 1.88. The SMILES string of the molecule is [N-]=[N+]=Nc1cccc(Cl)n1. The number of hydrogen-bond donors (Lipinski definition) is 0. The lowest BCUT2D eigenvalue weighted by Crippen LogP contribution is -1.71. The molecule has 5 heteroatoms. The van der Waals surface area contributed by atoms with Crippen LogP contribution in [0.1, 0.15) is 0 Å². The van der Waals surface area contributed by atoms with Gasteiger partial charge in [0.1, 0.15) is 11.0 Å². The van der Waals surface area contributed by atoms with Crippen molar-refractivity contribution in [3.05, 3.63) is 33.8 Å². The Morgan fingerprint density at radius 3 is 3.00 bits per heavy atom.